The number of H-pyrrole nitrogens is 1. The second-order valence-corrected chi connectivity index (χ2v) is 8.17. The van der Waals surface area contributed by atoms with E-state index in [9.17, 15) is 10.1 Å². The molecule has 1 aromatic heterocycles. The number of benzene rings is 3. The lowest BCUT2D eigenvalue weighted by atomic mass is 10.1. The van der Waals surface area contributed by atoms with Crippen LogP contribution >= 0.6 is 12.2 Å². The van der Waals surface area contributed by atoms with Crippen molar-refractivity contribution >= 4 is 18.1 Å². The van der Waals surface area contributed by atoms with Gasteiger partial charge in [-0.1, -0.05) is 66.2 Å². The second kappa shape index (κ2) is 10.6. The highest BCUT2D eigenvalue weighted by Gasteiger charge is 2.17. The van der Waals surface area contributed by atoms with Gasteiger partial charge in [0.05, 0.1) is 6.07 Å². The average Bonchev–Trinajstić information content (AvgIpc) is 3.22. The summed E-state index contributed by atoms with van der Waals surface area (Å²) in [5.74, 6) is 0.905. The molecule has 0 spiro atoms. The molecule has 0 radical (unpaired) electrons. The van der Waals surface area contributed by atoms with Crippen LogP contribution in [-0.2, 0) is 17.9 Å². The number of nitrogens with one attached hydrogen (secondary N) is 2. The zero-order chi connectivity index (χ0) is 23.9. The molecule has 1 atom stereocenters. The van der Waals surface area contributed by atoms with Gasteiger partial charge in [0, 0.05) is 5.56 Å². The fourth-order valence-electron chi connectivity index (χ4n) is 3.51. The minimum atomic E-state index is -0.806. The van der Waals surface area contributed by atoms with E-state index in [1.807, 2.05) is 61.5 Å². The Morgan fingerprint density at radius 3 is 2.62 bits per heavy atom. The largest absolute Gasteiger partial charge is 0.489 e. The van der Waals surface area contributed by atoms with Crippen molar-refractivity contribution in [3.05, 3.63) is 100 Å². The average molecular weight is 470 g/mol. The van der Waals surface area contributed by atoms with Crippen LogP contribution < -0.4 is 10.1 Å². The first-order valence-electron chi connectivity index (χ1n) is 10.7. The molecule has 0 aliphatic carbocycles. The standard InChI is InChI=1S/C26H23N5O2S/c1-18-6-5-9-21(14-18)25-29-30-26(34)31(25)16-24(32)28-23(15-27)20-10-12-22(13-11-20)33-17-19-7-3-2-4-8-19/h2-14,23H,16-17H2,1H3,(H,28,32)(H,30,34). The molecule has 2 N–H and O–H groups in total. The van der Waals surface area contributed by atoms with Crippen molar-refractivity contribution in [3.63, 3.8) is 0 Å². The summed E-state index contributed by atoms with van der Waals surface area (Å²) in [5.41, 5.74) is 3.65. The van der Waals surface area contributed by atoms with Gasteiger partial charge in [-0.05, 0) is 48.5 Å². The minimum Gasteiger partial charge on any atom is -0.489 e. The fourth-order valence-corrected chi connectivity index (χ4v) is 3.70. The summed E-state index contributed by atoms with van der Waals surface area (Å²) in [4.78, 5) is 12.8. The molecule has 0 aliphatic heterocycles. The van der Waals surface area contributed by atoms with Crippen molar-refractivity contribution in [1.29, 1.82) is 5.26 Å². The van der Waals surface area contributed by atoms with Crippen molar-refractivity contribution in [1.82, 2.24) is 20.1 Å². The van der Waals surface area contributed by atoms with E-state index in [1.165, 1.54) is 0 Å². The zero-order valence-corrected chi connectivity index (χ0v) is 19.4. The number of nitrogens with zero attached hydrogens (tertiary/aromatic N) is 3. The number of nitriles is 1. The molecule has 4 aromatic rings. The predicted octanol–water partition coefficient (Wildman–Crippen LogP) is 4.88. The molecule has 3 aromatic carbocycles. The quantitative estimate of drug-likeness (QED) is 0.359. The number of hydrogen-bond acceptors (Lipinski definition) is 5. The van der Waals surface area contributed by atoms with E-state index in [-0.39, 0.29) is 12.5 Å². The minimum absolute atomic E-state index is 0.0605. The maximum Gasteiger partial charge on any atom is 0.241 e. The van der Waals surface area contributed by atoms with E-state index in [0.717, 1.165) is 16.7 Å². The number of carbonyl (C=O) groups excluding carboxylic acids is 1. The molecule has 1 amide bonds. The lowest BCUT2D eigenvalue weighted by Gasteiger charge is -2.14. The molecule has 0 saturated heterocycles. The predicted molar refractivity (Wildman–Crippen MR) is 131 cm³/mol. The molecule has 0 fully saturated rings. The van der Waals surface area contributed by atoms with Gasteiger partial charge < -0.3 is 10.1 Å². The summed E-state index contributed by atoms with van der Waals surface area (Å²) in [6, 6.07) is 26.1. The molecular weight excluding hydrogens is 446 g/mol. The number of hydrogen-bond donors (Lipinski definition) is 2. The molecular formula is C26H23N5O2S. The SMILES string of the molecule is Cc1cccc(-c2n[nH]c(=S)n2CC(=O)NC(C#N)c2ccc(OCc3ccccc3)cc2)c1. The van der Waals surface area contributed by atoms with Crippen LogP contribution in [0.25, 0.3) is 11.4 Å². The van der Waals surface area contributed by atoms with Gasteiger partial charge >= 0.3 is 0 Å². The van der Waals surface area contributed by atoms with Crippen LogP contribution in [0.2, 0.25) is 0 Å². The molecule has 4 rings (SSSR count). The topological polar surface area (TPSA) is 95.7 Å². The van der Waals surface area contributed by atoms with Crippen molar-refractivity contribution < 1.29 is 9.53 Å². The monoisotopic (exact) mass is 469 g/mol. The molecule has 8 heteroatoms. The number of amides is 1. The first-order valence-corrected chi connectivity index (χ1v) is 11.1. The van der Waals surface area contributed by atoms with E-state index in [1.54, 1.807) is 28.8 Å². The molecule has 7 nitrogen and oxygen atoms in total. The van der Waals surface area contributed by atoms with E-state index in [2.05, 4.69) is 21.6 Å². The first-order chi connectivity index (χ1) is 16.5. The molecule has 0 bridgehead atoms. The first kappa shape index (κ1) is 23.0. The Morgan fingerprint density at radius 2 is 1.91 bits per heavy atom. The van der Waals surface area contributed by atoms with Crippen LogP contribution in [0.3, 0.4) is 0 Å². The molecule has 1 heterocycles. The molecule has 1 unspecified atom stereocenters. The maximum atomic E-state index is 12.8. The summed E-state index contributed by atoms with van der Waals surface area (Å²) in [7, 11) is 0. The Morgan fingerprint density at radius 1 is 1.15 bits per heavy atom. The van der Waals surface area contributed by atoms with Crippen LogP contribution in [-0.4, -0.2) is 20.7 Å². The second-order valence-electron chi connectivity index (χ2n) is 7.78. The number of ether oxygens (including phenoxy) is 1. The lowest BCUT2D eigenvalue weighted by molar-refractivity contribution is -0.122. The smallest absolute Gasteiger partial charge is 0.241 e. The van der Waals surface area contributed by atoms with Crippen molar-refractivity contribution in [2.75, 3.05) is 0 Å². The van der Waals surface area contributed by atoms with Crippen LogP contribution in [0.15, 0.2) is 78.9 Å². The van der Waals surface area contributed by atoms with Crippen LogP contribution in [0.5, 0.6) is 5.75 Å². The Kier molecular flexibility index (Phi) is 7.16. The summed E-state index contributed by atoms with van der Waals surface area (Å²) in [6.45, 7) is 2.37. The van der Waals surface area contributed by atoms with Gasteiger partial charge in [-0.15, -0.1) is 0 Å². The van der Waals surface area contributed by atoms with Crippen LogP contribution in [0.1, 0.15) is 22.7 Å². The molecule has 0 saturated carbocycles. The number of aromatic nitrogens is 3. The van der Waals surface area contributed by atoms with E-state index < -0.39 is 6.04 Å². The third kappa shape index (κ3) is 5.57. The van der Waals surface area contributed by atoms with Gasteiger partial charge in [-0.2, -0.15) is 10.4 Å². The van der Waals surface area contributed by atoms with Crippen molar-refractivity contribution in [2.45, 2.75) is 26.1 Å². The Labute approximate surface area is 202 Å². The fraction of sp³-hybridized carbons (Fsp3) is 0.154. The van der Waals surface area contributed by atoms with E-state index in [0.29, 0.717) is 28.5 Å². The van der Waals surface area contributed by atoms with E-state index in [4.69, 9.17) is 17.0 Å². The number of rotatable bonds is 8. The Bertz CT molecular complexity index is 1370. The van der Waals surface area contributed by atoms with Crippen LogP contribution in [0.4, 0.5) is 0 Å². The molecule has 0 aliphatic rings. The van der Waals surface area contributed by atoms with Gasteiger partial charge in [0.2, 0.25) is 5.91 Å². The van der Waals surface area contributed by atoms with E-state index >= 15 is 0 Å². The molecule has 34 heavy (non-hydrogen) atoms. The van der Waals surface area contributed by atoms with Crippen LogP contribution in [0, 0.1) is 23.0 Å². The summed E-state index contributed by atoms with van der Waals surface area (Å²) < 4.78 is 7.75. The number of aryl methyl sites for hydroxylation is 1. The van der Waals surface area contributed by atoms with Gasteiger partial charge in [0.15, 0.2) is 10.6 Å². The van der Waals surface area contributed by atoms with Gasteiger partial charge in [-0.3, -0.25) is 14.5 Å². The van der Waals surface area contributed by atoms with Crippen molar-refractivity contribution in [2.24, 2.45) is 0 Å². The zero-order valence-electron chi connectivity index (χ0n) is 18.6. The highest BCUT2D eigenvalue weighted by molar-refractivity contribution is 7.71. The highest BCUT2D eigenvalue weighted by Crippen LogP contribution is 2.20. The maximum absolute atomic E-state index is 12.8. The summed E-state index contributed by atoms with van der Waals surface area (Å²) >= 11 is 5.32. The van der Waals surface area contributed by atoms with Gasteiger partial charge in [0.25, 0.3) is 0 Å². The Hall–Kier alpha value is -4.22. The highest BCUT2D eigenvalue weighted by atomic mass is 32.1. The summed E-state index contributed by atoms with van der Waals surface area (Å²) in [5, 5.41) is 19.4. The van der Waals surface area contributed by atoms with Gasteiger partial charge in [-0.25, -0.2) is 0 Å². The third-order valence-electron chi connectivity index (χ3n) is 5.23. The van der Waals surface area contributed by atoms with Crippen molar-refractivity contribution in [3.8, 4) is 23.2 Å². The third-order valence-corrected chi connectivity index (χ3v) is 5.54. The summed E-state index contributed by atoms with van der Waals surface area (Å²) in [6.07, 6.45) is 0. The normalized spacial score (nSPS) is 11.4. The lowest BCUT2D eigenvalue weighted by Crippen LogP contribution is -2.31. The van der Waals surface area contributed by atoms with Gasteiger partial charge in [0.1, 0.15) is 24.9 Å². The number of carbonyl (C=O) groups is 1. The Balaban J connectivity index is 1.41. The molecule has 170 valence electrons. The number of aromatic amines is 1.